The molecule has 1 atom stereocenters. The average molecular weight is 218 g/mol. The minimum absolute atomic E-state index is 0. The molecule has 0 radical (unpaired) electrons. The fourth-order valence-corrected chi connectivity index (χ4v) is 1.32. The minimum Gasteiger partial charge on any atom is -0.460 e. The Labute approximate surface area is 93.5 Å². The molecule has 0 fully saturated rings. The van der Waals surface area contributed by atoms with Gasteiger partial charge in [0.15, 0.2) is 0 Å². The lowest BCUT2D eigenvalue weighted by molar-refractivity contribution is -0.160. The molecule has 15 heavy (non-hydrogen) atoms. The van der Waals surface area contributed by atoms with Crippen molar-refractivity contribution in [3.05, 3.63) is 0 Å². The summed E-state index contributed by atoms with van der Waals surface area (Å²) in [5.74, 6) is 0.0580. The second-order valence-electron chi connectivity index (χ2n) is 4.78. The van der Waals surface area contributed by atoms with Gasteiger partial charge in [-0.3, -0.25) is 4.79 Å². The molecule has 0 saturated heterocycles. The fraction of sp³-hybridized carbons (Fsp3) is 0.917. The van der Waals surface area contributed by atoms with Gasteiger partial charge in [0.25, 0.3) is 0 Å². The molecule has 3 heteroatoms. The van der Waals surface area contributed by atoms with Crippen LogP contribution in [0.25, 0.3) is 0 Å². The molecule has 0 rings (SSSR count). The topological polar surface area (TPSA) is 57.8 Å². The van der Waals surface area contributed by atoms with Gasteiger partial charge >= 0.3 is 5.97 Å². The molecule has 92 valence electrons. The Morgan fingerprint density at radius 1 is 1.27 bits per heavy atom. The van der Waals surface area contributed by atoms with Gasteiger partial charge in [-0.25, -0.2) is 0 Å². The summed E-state index contributed by atoms with van der Waals surface area (Å²) < 4.78 is 5.35. The summed E-state index contributed by atoms with van der Waals surface area (Å²) in [6.45, 7) is 9.93. The standard InChI is InChI=1S/C12H24O2.H2O/c1-6-8-9-10(7-2)11(13)14-12(3,4)5;/h10H,6-9H2,1-5H3;1H2. The Morgan fingerprint density at radius 2 is 1.80 bits per heavy atom. The van der Waals surface area contributed by atoms with E-state index in [0.29, 0.717) is 0 Å². The lowest BCUT2D eigenvalue weighted by Gasteiger charge is -2.23. The number of unbranched alkanes of at least 4 members (excludes halogenated alkanes) is 1. The van der Waals surface area contributed by atoms with Crippen LogP contribution in [0.2, 0.25) is 0 Å². The van der Waals surface area contributed by atoms with E-state index in [4.69, 9.17) is 4.74 Å². The van der Waals surface area contributed by atoms with Crippen LogP contribution in [0, 0.1) is 5.92 Å². The zero-order valence-corrected chi connectivity index (χ0v) is 10.7. The van der Waals surface area contributed by atoms with Gasteiger partial charge < -0.3 is 10.2 Å². The molecule has 0 heterocycles. The van der Waals surface area contributed by atoms with Gasteiger partial charge in [-0.05, 0) is 33.6 Å². The Hall–Kier alpha value is -0.570. The molecule has 0 aromatic carbocycles. The highest BCUT2D eigenvalue weighted by Gasteiger charge is 2.22. The van der Waals surface area contributed by atoms with Crippen molar-refractivity contribution in [3.8, 4) is 0 Å². The zero-order chi connectivity index (χ0) is 11.2. The largest absolute Gasteiger partial charge is 0.460 e. The van der Waals surface area contributed by atoms with Crippen LogP contribution in [0.3, 0.4) is 0 Å². The molecule has 0 aliphatic carbocycles. The molecule has 0 aromatic rings. The molecule has 0 amide bonds. The van der Waals surface area contributed by atoms with E-state index in [-0.39, 0.29) is 23.0 Å². The summed E-state index contributed by atoms with van der Waals surface area (Å²) in [5.41, 5.74) is -0.350. The van der Waals surface area contributed by atoms with Crippen molar-refractivity contribution >= 4 is 5.97 Å². The van der Waals surface area contributed by atoms with Crippen molar-refractivity contribution in [2.75, 3.05) is 0 Å². The predicted octanol–water partition coefficient (Wildman–Crippen LogP) is 2.72. The molecular formula is C12H26O3. The third-order valence-corrected chi connectivity index (χ3v) is 2.14. The van der Waals surface area contributed by atoms with Gasteiger partial charge in [-0.15, -0.1) is 0 Å². The summed E-state index contributed by atoms with van der Waals surface area (Å²) in [7, 11) is 0. The maximum absolute atomic E-state index is 11.7. The van der Waals surface area contributed by atoms with Gasteiger partial charge in [0.1, 0.15) is 5.60 Å². The summed E-state index contributed by atoms with van der Waals surface area (Å²) in [6, 6.07) is 0. The highest BCUT2D eigenvalue weighted by atomic mass is 16.6. The van der Waals surface area contributed by atoms with Crippen LogP contribution in [0.1, 0.15) is 60.3 Å². The average Bonchev–Trinajstić information content (AvgIpc) is 2.02. The van der Waals surface area contributed by atoms with Gasteiger partial charge in [0.05, 0.1) is 5.92 Å². The lowest BCUT2D eigenvalue weighted by atomic mass is 9.99. The van der Waals surface area contributed by atoms with E-state index in [1.807, 2.05) is 27.7 Å². The SMILES string of the molecule is CCCCC(CC)C(=O)OC(C)(C)C.O. The van der Waals surface area contributed by atoms with E-state index < -0.39 is 0 Å². The smallest absolute Gasteiger partial charge is 0.309 e. The van der Waals surface area contributed by atoms with Gasteiger partial charge in [-0.1, -0.05) is 26.7 Å². The molecule has 0 aliphatic rings. The number of rotatable bonds is 5. The molecule has 0 aliphatic heterocycles. The third kappa shape index (κ3) is 8.43. The first-order chi connectivity index (χ1) is 6.40. The monoisotopic (exact) mass is 218 g/mol. The Balaban J connectivity index is 0. The summed E-state index contributed by atoms with van der Waals surface area (Å²) >= 11 is 0. The first kappa shape index (κ1) is 16.8. The first-order valence-corrected chi connectivity index (χ1v) is 5.63. The van der Waals surface area contributed by atoms with Crippen LogP contribution < -0.4 is 0 Å². The number of hydrogen-bond donors (Lipinski definition) is 0. The van der Waals surface area contributed by atoms with Gasteiger partial charge in [-0.2, -0.15) is 0 Å². The number of hydrogen-bond acceptors (Lipinski definition) is 2. The van der Waals surface area contributed by atoms with E-state index in [1.165, 1.54) is 0 Å². The lowest BCUT2D eigenvalue weighted by Crippen LogP contribution is -2.28. The van der Waals surface area contributed by atoms with Crippen molar-refractivity contribution in [2.45, 2.75) is 65.9 Å². The maximum atomic E-state index is 11.7. The van der Waals surface area contributed by atoms with E-state index in [9.17, 15) is 4.79 Å². The fourth-order valence-electron chi connectivity index (χ4n) is 1.32. The van der Waals surface area contributed by atoms with E-state index in [2.05, 4.69) is 6.92 Å². The quantitative estimate of drug-likeness (QED) is 0.666. The third-order valence-electron chi connectivity index (χ3n) is 2.14. The van der Waals surface area contributed by atoms with Crippen LogP contribution in [-0.4, -0.2) is 17.0 Å². The van der Waals surface area contributed by atoms with E-state index in [0.717, 1.165) is 25.7 Å². The Kier molecular flexibility index (Phi) is 8.63. The number of carbonyl (C=O) groups is 1. The van der Waals surface area contributed by atoms with Crippen molar-refractivity contribution in [2.24, 2.45) is 5.92 Å². The van der Waals surface area contributed by atoms with Gasteiger partial charge in [0, 0.05) is 0 Å². The van der Waals surface area contributed by atoms with Crippen molar-refractivity contribution in [1.29, 1.82) is 0 Å². The summed E-state index contributed by atoms with van der Waals surface area (Å²) in [4.78, 5) is 11.7. The highest BCUT2D eigenvalue weighted by Crippen LogP contribution is 2.18. The van der Waals surface area contributed by atoms with Crippen LogP contribution in [0.15, 0.2) is 0 Å². The minimum atomic E-state index is -0.350. The highest BCUT2D eigenvalue weighted by molar-refractivity contribution is 5.72. The first-order valence-electron chi connectivity index (χ1n) is 5.63. The molecule has 0 bridgehead atoms. The van der Waals surface area contributed by atoms with Crippen molar-refractivity contribution in [1.82, 2.24) is 0 Å². The molecule has 2 N–H and O–H groups in total. The predicted molar refractivity (Wildman–Crippen MR) is 62.8 cm³/mol. The summed E-state index contributed by atoms with van der Waals surface area (Å²) in [5, 5.41) is 0. The van der Waals surface area contributed by atoms with E-state index in [1.54, 1.807) is 0 Å². The maximum Gasteiger partial charge on any atom is 0.309 e. The Bertz CT molecular complexity index is 170. The van der Waals surface area contributed by atoms with Gasteiger partial charge in [0.2, 0.25) is 0 Å². The number of esters is 1. The normalized spacial score (nSPS) is 12.9. The van der Waals surface area contributed by atoms with Crippen LogP contribution >= 0.6 is 0 Å². The number of carbonyl (C=O) groups excluding carboxylic acids is 1. The molecular weight excluding hydrogens is 192 g/mol. The second kappa shape index (κ2) is 7.69. The van der Waals surface area contributed by atoms with Crippen LogP contribution in [0.5, 0.6) is 0 Å². The number of ether oxygens (including phenoxy) is 1. The second-order valence-corrected chi connectivity index (χ2v) is 4.78. The molecule has 0 aromatic heterocycles. The summed E-state index contributed by atoms with van der Waals surface area (Å²) in [6.07, 6.45) is 4.09. The molecule has 1 unspecified atom stereocenters. The van der Waals surface area contributed by atoms with Crippen molar-refractivity contribution in [3.63, 3.8) is 0 Å². The van der Waals surface area contributed by atoms with Crippen LogP contribution in [0.4, 0.5) is 0 Å². The molecule has 3 nitrogen and oxygen atoms in total. The Morgan fingerprint density at radius 3 is 2.13 bits per heavy atom. The van der Waals surface area contributed by atoms with Crippen LogP contribution in [-0.2, 0) is 9.53 Å². The van der Waals surface area contributed by atoms with Crippen molar-refractivity contribution < 1.29 is 15.0 Å². The molecule has 0 spiro atoms. The molecule has 0 saturated carbocycles. The van der Waals surface area contributed by atoms with E-state index >= 15 is 0 Å². The zero-order valence-electron chi connectivity index (χ0n) is 10.7.